The third-order valence-corrected chi connectivity index (χ3v) is 12.2. The highest BCUT2D eigenvalue weighted by atomic mass is 16.3. The van der Waals surface area contributed by atoms with Gasteiger partial charge in [0.15, 0.2) is 17.5 Å². The lowest BCUT2D eigenvalue weighted by atomic mass is 9.97. The lowest BCUT2D eigenvalue weighted by Crippen LogP contribution is -2.01. The van der Waals surface area contributed by atoms with Crippen molar-refractivity contribution in [3.05, 3.63) is 194 Å². The summed E-state index contributed by atoms with van der Waals surface area (Å²) in [6, 6.07) is 68.5. The van der Waals surface area contributed by atoms with E-state index in [1.54, 1.807) is 0 Å². The van der Waals surface area contributed by atoms with Gasteiger partial charge >= 0.3 is 0 Å². The molecule has 10 aromatic carbocycles. The van der Waals surface area contributed by atoms with Gasteiger partial charge in [-0.25, -0.2) is 15.0 Å². The summed E-state index contributed by atoms with van der Waals surface area (Å²) >= 11 is 0. The Hall–Kier alpha value is -8.15. The van der Waals surface area contributed by atoms with Gasteiger partial charge in [-0.05, 0) is 79.5 Å². The van der Waals surface area contributed by atoms with Gasteiger partial charge in [-0.3, -0.25) is 0 Å². The van der Waals surface area contributed by atoms with Gasteiger partial charge in [-0.2, -0.15) is 0 Å². The fraction of sp³-hybridized carbons (Fsp3) is 0. The van der Waals surface area contributed by atoms with Crippen LogP contribution in [0.25, 0.3) is 127 Å². The average Bonchev–Trinajstić information content (AvgIpc) is 3.84. The van der Waals surface area contributed by atoms with Crippen LogP contribution < -0.4 is 0 Å². The molecule has 13 aromatic rings. The van der Waals surface area contributed by atoms with Crippen LogP contribution in [0.4, 0.5) is 0 Å². The molecule has 0 bridgehead atoms. The van der Waals surface area contributed by atoms with Crippen molar-refractivity contribution in [1.29, 1.82) is 0 Å². The van der Waals surface area contributed by atoms with Crippen LogP contribution in [0, 0.1) is 0 Å². The SMILES string of the molecule is c1ccc(-c2nc(-c3cccc4ccccc34)nc(-c3c4ccccc4cc4oc5cc(-n6c7cc8ccccc8cc7c7c8ccccc8ccc76)ccc5c34)n2)cc1. The number of nitrogens with zero attached hydrogens (tertiary/aromatic N) is 4. The highest BCUT2D eigenvalue weighted by Crippen LogP contribution is 2.44. The van der Waals surface area contributed by atoms with E-state index in [4.69, 9.17) is 19.4 Å². The smallest absolute Gasteiger partial charge is 0.165 e. The third-order valence-electron chi connectivity index (χ3n) is 12.2. The fourth-order valence-electron chi connectivity index (χ4n) is 9.46. The molecule has 0 amide bonds. The summed E-state index contributed by atoms with van der Waals surface area (Å²) in [5, 5.41) is 13.7. The maximum atomic E-state index is 6.93. The van der Waals surface area contributed by atoms with Gasteiger partial charge in [0.25, 0.3) is 0 Å². The lowest BCUT2D eigenvalue weighted by molar-refractivity contribution is 0.669. The van der Waals surface area contributed by atoms with E-state index in [0.29, 0.717) is 17.5 Å². The van der Waals surface area contributed by atoms with Crippen molar-refractivity contribution in [2.75, 3.05) is 0 Å². The Kier molecular flexibility index (Phi) is 6.95. The minimum Gasteiger partial charge on any atom is -0.456 e. The molecule has 278 valence electrons. The molecule has 0 spiro atoms. The molecule has 0 saturated heterocycles. The van der Waals surface area contributed by atoms with Crippen molar-refractivity contribution >= 4 is 86.8 Å². The number of fused-ring (bicyclic) bond motifs is 11. The molecule has 13 rings (SSSR count). The standard InChI is InChI=1S/C55H32N4O/c1-2-15-35(16-3-1)53-56-54(43-24-12-20-33-13-6-9-21-40(33)43)58-55(57-53)52-42-23-11-8-19-38(42)31-49-51(52)44-27-26-39(32-48(44)60-49)59-46-28-25-34-14-7-10-22-41(34)50(46)45-29-36-17-4-5-18-37(36)30-47(45)59/h1-32H. The summed E-state index contributed by atoms with van der Waals surface area (Å²) in [6.45, 7) is 0. The summed E-state index contributed by atoms with van der Waals surface area (Å²) in [7, 11) is 0. The zero-order valence-corrected chi connectivity index (χ0v) is 32.2. The number of furan rings is 1. The summed E-state index contributed by atoms with van der Waals surface area (Å²) in [4.78, 5) is 15.8. The number of benzene rings is 10. The topological polar surface area (TPSA) is 56.7 Å². The first-order valence-corrected chi connectivity index (χ1v) is 20.3. The van der Waals surface area contributed by atoms with Gasteiger partial charge in [0.1, 0.15) is 11.2 Å². The van der Waals surface area contributed by atoms with Gasteiger partial charge in [0, 0.05) is 50.0 Å². The van der Waals surface area contributed by atoms with Crippen molar-refractivity contribution in [2.24, 2.45) is 0 Å². The second kappa shape index (κ2) is 12.7. The van der Waals surface area contributed by atoms with Gasteiger partial charge in [0.05, 0.1) is 11.0 Å². The van der Waals surface area contributed by atoms with E-state index < -0.39 is 0 Å². The lowest BCUT2D eigenvalue weighted by Gasteiger charge is -2.13. The molecule has 0 radical (unpaired) electrons. The second-order valence-electron chi connectivity index (χ2n) is 15.6. The Morgan fingerprint density at radius 1 is 0.350 bits per heavy atom. The molecule has 0 unspecified atom stereocenters. The molecule has 0 aliphatic carbocycles. The second-order valence-corrected chi connectivity index (χ2v) is 15.6. The largest absolute Gasteiger partial charge is 0.456 e. The summed E-state index contributed by atoms with van der Waals surface area (Å²) in [5.74, 6) is 1.84. The van der Waals surface area contributed by atoms with Gasteiger partial charge < -0.3 is 8.98 Å². The van der Waals surface area contributed by atoms with Crippen LogP contribution in [-0.2, 0) is 0 Å². The molecule has 0 saturated carbocycles. The third kappa shape index (κ3) is 4.90. The van der Waals surface area contributed by atoms with Gasteiger partial charge in [-0.15, -0.1) is 0 Å². The zero-order chi connectivity index (χ0) is 39.3. The Bertz CT molecular complexity index is 3890. The Morgan fingerprint density at radius 2 is 1.00 bits per heavy atom. The zero-order valence-electron chi connectivity index (χ0n) is 32.2. The molecule has 5 heteroatoms. The van der Waals surface area contributed by atoms with Crippen LogP contribution >= 0.6 is 0 Å². The van der Waals surface area contributed by atoms with Crippen molar-refractivity contribution in [2.45, 2.75) is 0 Å². The number of aromatic nitrogens is 4. The van der Waals surface area contributed by atoms with Crippen LogP contribution in [0.15, 0.2) is 199 Å². The molecule has 3 aromatic heterocycles. The molecule has 0 aliphatic heterocycles. The predicted octanol–water partition coefficient (Wildman–Crippen LogP) is 14.5. The molecule has 0 atom stereocenters. The van der Waals surface area contributed by atoms with Crippen LogP contribution in [0.1, 0.15) is 0 Å². The van der Waals surface area contributed by atoms with E-state index >= 15 is 0 Å². The van der Waals surface area contributed by atoms with E-state index in [1.165, 1.54) is 32.3 Å². The van der Waals surface area contributed by atoms with Crippen LogP contribution in [0.5, 0.6) is 0 Å². The van der Waals surface area contributed by atoms with Gasteiger partial charge in [0.2, 0.25) is 0 Å². The quantitative estimate of drug-likeness (QED) is 0.179. The first-order chi connectivity index (χ1) is 29.7. The fourth-order valence-corrected chi connectivity index (χ4v) is 9.46. The maximum Gasteiger partial charge on any atom is 0.165 e. The van der Waals surface area contributed by atoms with E-state index in [1.807, 2.05) is 18.2 Å². The first kappa shape index (κ1) is 32.9. The summed E-state index contributed by atoms with van der Waals surface area (Å²) < 4.78 is 9.32. The average molecular weight is 765 g/mol. The van der Waals surface area contributed by atoms with E-state index in [2.05, 4.69) is 180 Å². The van der Waals surface area contributed by atoms with Crippen molar-refractivity contribution < 1.29 is 4.42 Å². The van der Waals surface area contributed by atoms with Crippen molar-refractivity contribution in [1.82, 2.24) is 19.5 Å². The minimum atomic E-state index is 0.599. The normalized spacial score (nSPS) is 12.0. The number of hydrogen-bond donors (Lipinski definition) is 0. The van der Waals surface area contributed by atoms with Crippen LogP contribution in [-0.4, -0.2) is 19.5 Å². The Morgan fingerprint density at radius 3 is 1.83 bits per heavy atom. The van der Waals surface area contributed by atoms with Crippen molar-refractivity contribution in [3.8, 4) is 39.9 Å². The van der Waals surface area contributed by atoms with Crippen LogP contribution in [0.2, 0.25) is 0 Å². The number of rotatable bonds is 4. The monoisotopic (exact) mass is 764 g/mol. The highest BCUT2D eigenvalue weighted by molar-refractivity contribution is 6.24. The summed E-state index contributed by atoms with van der Waals surface area (Å²) in [6.07, 6.45) is 0. The molecular formula is C55H32N4O. The molecule has 0 aliphatic rings. The summed E-state index contributed by atoms with van der Waals surface area (Å²) in [5.41, 5.74) is 7.72. The van der Waals surface area contributed by atoms with Crippen LogP contribution in [0.3, 0.4) is 0 Å². The van der Waals surface area contributed by atoms with E-state index in [9.17, 15) is 0 Å². The van der Waals surface area contributed by atoms with Gasteiger partial charge in [-0.1, -0.05) is 152 Å². The molecular weight excluding hydrogens is 733 g/mol. The Balaban J connectivity index is 1.09. The maximum absolute atomic E-state index is 6.93. The molecule has 60 heavy (non-hydrogen) atoms. The van der Waals surface area contributed by atoms with E-state index in [0.717, 1.165) is 76.9 Å². The molecule has 5 nitrogen and oxygen atoms in total. The molecule has 3 heterocycles. The molecule has 0 fully saturated rings. The van der Waals surface area contributed by atoms with E-state index in [-0.39, 0.29) is 0 Å². The number of hydrogen-bond acceptors (Lipinski definition) is 4. The highest BCUT2D eigenvalue weighted by Gasteiger charge is 2.23. The van der Waals surface area contributed by atoms with Crippen molar-refractivity contribution in [3.63, 3.8) is 0 Å². The predicted molar refractivity (Wildman–Crippen MR) is 248 cm³/mol. The molecule has 0 N–H and O–H groups in total. The minimum absolute atomic E-state index is 0.599. The Labute approximate surface area is 343 Å². The first-order valence-electron chi connectivity index (χ1n) is 20.3.